The van der Waals surface area contributed by atoms with Crippen LogP contribution in [0.5, 0.6) is 0 Å². The molecule has 116 valence electrons. The van der Waals surface area contributed by atoms with Crippen LogP contribution in [-0.4, -0.2) is 28.9 Å². The van der Waals surface area contributed by atoms with Gasteiger partial charge in [-0.25, -0.2) is 4.79 Å². The topological polar surface area (TPSA) is 82.4 Å². The molecule has 1 heterocycles. The summed E-state index contributed by atoms with van der Waals surface area (Å²) >= 11 is 1.23. The molecule has 1 aliphatic rings. The summed E-state index contributed by atoms with van der Waals surface area (Å²) < 4.78 is 5.16. The maximum absolute atomic E-state index is 12.3. The smallest absolute Gasteiger partial charge is 0.409 e. The number of nitrogens with zero attached hydrogens (tertiary/aromatic N) is 2. The predicted octanol–water partition coefficient (Wildman–Crippen LogP) is 2.45. The highest BCUT2D eigenvalue weighted by Gasteiger charge is 2.36. The van der Waals surface area contributed by atoms with E-state index in [1.54, 1.807) is 24.3 Å². The van der Waals surface area contributed by atoms with Crippen LogP contribution in [0.2, 0.25) is 0 Å². The van der Waals surface area contributed by atoms with Crippen LogP contribution >= 0.6 is 11.8 Å². The van der Waals surface area contributed by atoms with Gasteiger partial charge in [0.25, 0.3) is 5.91 Å². The number of benzene rings is 1. The van der Waals surface area contributed by atoms with Crippen molar-refractivity contribution in [2.24, 2.45) is 0 Å². The van der Waals surface area contributed by atoms with Crippen molar-refractivity contribution in [2.45, 2.75) is 31.7 Å². The van der Waals surface area contributed by atoms with E-state index in [2.05, 4.69) is 5.32 Å². The summed E-state index contributed by atoms with van der Waals surface area (Å²) in [5.74, 6) is 0.0745. The van der Waals surface area contributed by atoms with Crippen molar-refractivity contribution >= 4 is 29.4 Å². The average molecular weight is 319 g/mol. The molecule has 1 aromatic carbocycles. The van der Waals surface area contributed by atoms with E-state index >= 15 is 0 Å². The molecule has 0 radical (unpaired) electrons. The van der Waals surface area contributed by atoms with Crippen molar-refractivity contribution in [3.63, 3.8) is 0 Å². The first-order valence-corrected chi connectivity index (χ1v) is 7.77. The molecule has 22 heavy (non-hydrogen) atoms. The number of hydrogen-bond acceptors (Lipinski definition) is 5. The summed E-state index contributed by atoms with van der Waals surface area (Å²) in [6.45, 7) is 5.49. The third kappa shape index (κ3) is 3.92. The highest BCUT2D eigenvalue weighted by molar-refractivity contribution is 8.01. The van der Waals surface area contributed by atoms with Crippen molar-refractivity contribution in [1.82, 2.24) is 5.32 Å². The van der Waals surface area contributed by atoms with Crippen LogP contribution in [0.1, 0.15) is 26.3 Å². The molecule has 1 unspecified atom stereocenters. The number of carbonyl (C=O) groups excluding carboxylic acids is 2. The van der Waals surface area contributed by atoms with Gasteiger partial charge in [0, 0.05) is 11.2 Å². The van der Waals surface area contributed by atoms with Gasteiger partial charge in [-0.05, 0) is 39.0 Å². The van der Waals surface area contributed by atoms with Gasteiger partial charge in [-0.15, -0.1) is 0 Å². The second kappa shape index (κ2) is 6.28. The van der Waals surface area contributed by atoms with Crippen LogP contribution < -0.4 is 10.2 Å². The van der Waals surface area contributed by atoms with Gasteiger partial charge in [-0.2, -0.15) is 5.26 Å². The number of hydrogen-bond donors (Lipinski definition) is 1. The third-order valence-corrected chi connectivity index (χ3v) is 3.81. The van der Waals surface area contributed by atoms with Crippen LogP contribution in [0.4, 0.5) is 10.5 Å². The summed E-state index contributed by atoms with van der Waals surface area (Å²) in [7, 11) is 0. The molecule has 0 aliphatic carbocycles. The molecule has 0 spiro atoms. The first kappa shape index (κ1) is 16.2. The molecule has 1 aromatic rings. The largest absolute Gasteiger partial charge is 0.425 e. The van der Waals surface area contributed by atoms with Gasteiger partial charge in [0.15, 0.2) is 0 Å². The lowest BCUT2D eigenvalue weighted by Gasteiger charge is -2.21. The molecule has 0 aromatic heterocycles. The number of nitrogens with one attached hydrogen (secondary N) is 1. The number of carbonyl (C=O) groups is 2. The van der Waals surface area contributed by atoms with E-state index in [0.717, 1.165) is 0 Å². The Morgan fingerprint density at radius 3 is 2.86 bits per heavy atom. The van der Waals surface area contributed by atoms with Crippen molar-refractivity contribution < 1.29 is 14.3 Å². The Morgan fingerprint density at radius 2 is 2.23 bits per heavy atom. The number of thioether (sulfide) groups is 1. The summed E-state index contributed by atoms with van der Waals surface area (Å²) in [6.07, 6.45) is -0.619. The SMILES string of the molecule is CC(C)(C)NC(=O)OC1SCN(c2cccc(C#N)c2)C1=O. The number of amides is 2. The minimum absolute atomic E-state index is 0.302. The maximum Gasteiger partial charge on any atom is 0.409 e. The minimum atomic E-state index is -0.868. The van der Waals surface area contributed by atoms with Crippen LogP contribution in [0.25, 0.3) is 0 Å². The van der Waals surface area contributed by atoms with Gasteiger partial charge in [0.1, 0.15) is 0 Å². The Morgan fingerprint density at radius 1 is 1.50 bits per heavy atom. The first-order valence-electron chi connectivity index (χ1n) is 6.72. The minimum Gasteiger partial charge on any atom is -0.425 e. The second-order valence-electron chi connectivity index (χ2n) is 5.84. The zero-order valence-corrected chi connectivity index (χ0v) is 13.4. The van der Waals surface area contributed by atoms with Crippen molar-refractivity contribution in [2.75, 3.05) is 10.8 Å². The quantitative estimate of drug-likeness (QED) is 0.905. The Hall–Kier alpha value is -2.20. The Bertz CT molecular complexity index is 634. The fraction of sp³-hybridized carbons (Fsp3) is 0.400. The van der Waals surface area contributed by atoms with Crippen LogP contribution in [0, 0.1) is 11.3 Å². The molecule has 1 fully saturated rings. The monoisotopic (exact) mass is 319 g/mol. The maximum atomic E-state index is 12.3. The number of anilines is 1. The molecule has 0 bridgehead atoms. The Balaban J connectivity index is 2.04. The van der Waals surface area contributed by atoms with E-state index in [0.29, 0.717) is 17.1 Å². The lowest BCUT2D eigenvalue weighted by molar-refractivity contribution is -0.122. The molecule has 0 saturated carbocycles. The molecule has 7 heteroatoms. The molecule has 1 atom stereocenters. The van der Waals surface area contributed by atoms with E-state index in [9.17, 15) is 9.59 Å². The predicted molar refractivity (Wildman–Crippen MR) is 84.3 cm³/mol. The fourth-order valence-electron chi connectivity index (χ4n) is 1.87. The van der Waals surface area contributed by atoms with Gasteiger partial charge in [0.2, 0.25) is 5.44 Å². The number of nitriles is 1. The van der Waals surface area contributed by atoms with Crippen LogP contribution in [0.15, 0.2) is 24.3 Å². The van der Waals surface area contributed by atoms with Gasteiger partial charge in [-0.1, -0.05) is 17.8 Å². The van der Waals surface area contributed by atoms with E-state index in [1.165, 1.54) is 16.7 Å². The zero-order chi connectivity index (χ0) is 16.3. The van der Waals surface area contributed by atoms with Gasteiger partial charge in [-0.3, -0.25) is 9.69 Å². The van der Waals surface area contributed by atoms with Gasteiger partial charge < -0.3 is 10.1 Å². The van der Waals surface area contributed by atoms with Crippen LogP contribution in [-0.2, 0) is 9.53 Å². The second-order valence-corrected chi connectivity index (χ2v) is 6.86. The number of alkyl carbamates (subject to hydrolysis) is 1. The summed E-state index contributed by atoms with van der Waals surface area (Å²) in [5, 5.41) is 11.6. The summed E-state index contributed by atoms with van der Waals surface area (Å²) in [5.41, 5.74) is -0.193. The lowest BCUT2D eigenvalue weighted by Crippen LogP contribution is -2.43. The highest BCUT2D eigenvalue weighted by Crippen LogP contribution is 2.30. The number of ether oxygens (including phenoxy) is 1. The third-order valence-electron chi connectivity index (χ3n) is 2.80. The normalized spacial score (nSPS) is 18.0. The van der Waals surface area contributed by atoms with Crippen molar-refractivity contribution in [1.29, 1.82) is 5.26 Å². The zero-order valence-electron chi connectivity index (χ0n) is 12.6. The van der Waals surface area contributed by atoms with Crippen molar-refractivity contribution in [3.8, 4) is 6.07 Å². The van der Waals surface area contributed by atoms with E-state index < -0.39 is 17.1 Å². The fourth-order valence-corrected chi connectivity index (χ4v) is 2.85. The Labute approximate surface area is 133 Å². The highest BCUT2D eigenvalue weighted by atomic mass is 32.2. The summed E-state index contributed by atoms with van der Waals surface area (Å²) in [4.78, 5) is 25.6. The molecule has 1 N–H and O–H groups in total. The van der Waals surface area contributed by atoms with E-state index in [4.69, 9.17) is 10.00 Å². The van der Waals surface area contributed by atoms with Gasteiger partial charge in [0.05, 0.1) is 17.5 Å². The van der Waals surface area contributed by atoms with Crippen molar-refractivity contribution in [3.05, 3.63) is 29.8 Å². The van der Waals surface area contributed by atoms with E-state index in [-0.39, 0.29) is 5.91 Å². The van der Waals surface area contributed by atoms with E-state index in [1.807, 2.05) is 26.8 Å². The standard InChI is InChI=1S/C15H17N3O3S/c1-15(2,3)17-14(20)21-13-12(19)18(9-22-13)11-6-4-5-10(7-11)8-16/h4-7,13H,9H2,1-3H3,(H,17,20). The van der Waals surface area contributed by atoms with Crippen LogP contribution in [0.3, 0.4) is 0 Å². The molecular weight excluding hydrogens is 302 g/mol. The molecule has 1 aliphatic heterocycles. The molecule has 6 nitrogen and oxygen atoms in total. The first-order chi connectivity index (χ1) is 10.3. The molecular formula is C15H17N3O3S. The molecule has 2 rings (SSSR count). The average Bonchev–Trinajstić information content (AvgIpc) is 2.78. The molecule has 2 amide bonds. The number of rotatable bonds is 2. The Kier molecular flexibility index (Phi) is 4.62. The molecule has 1 saturated heterocycles. The van der Waals surface area contributed by atoms with Gasteiger partial charge >= 0.3 is 6.09 Å². The summed E-state index contributed by atoms with van der Waals surface area (Å²) in [6, 6.07) is 8.80. The lowest BCUT2D eigenvalue weighted by atomic mass is 10.1.